The molecule has 1 aliphatic heterocycles. The van der Waals surface area contributed by atoms with Gasteiger partial charge in [-0.1, -0.05) is 5.16 Å². The Labute approximate surface area is 135 Å². The van der Waals surface area contributed by atoms with E-state index >= 15 is 0 Å². The summed E-state index contributed by atoms with van der Waals surface area (Å²) in [6.07, 6.45) is 0.822. The highest BCUT2D eigenvalue weighted by Gasteiger charge is 2.29. The third-order valence-corrected chi connectivity index (χ3v) is 4.53. The number of hydrogen-bond donors (Lipinski definition) is 2. The first kappa shape index (κ1) is 15.9. The van der Waals surface area contributed by atoms with Crippen LogP contribution in [0.15, 0.2) is 10.6 Å². The number of rotatable bonds is 3. The van der Waals surface area contributed by atoms with Gasteiger partial charge in [-0.3, -0.25) is 0 Å². The van der Waals surface area contributed by atoms with Crippen LogP contribution in [0.3, 0.4) is 0 Å². The molecule has 1 aliphatic rings. The molecule has 7 nitrogen and oxygen atoms in total. The Hall–Kier alpha value is -1.99. The highest BCUT2D eigenvalue weighted by atomic mass is 16.5. The number of aryl methyl sites for hydroxylation is 3. The predicted molar refractivity (Wildman–Crippen MR) is 87.1 cm³/mol. The maximum Gasteiger partial charge on any atom is 0.261 e. The molecule has 0 saturated carbocycles. The van der Waals surface area contributed by atoms with E-state index in [2.05, 4.69) is 15.0 Å². The largest absolute Gasteiger partial charge is 0.396 e. The van der Waals surface area contributed by atoms with Gasteiger partial charge in [-0.2, -0.15) is 4.98 Å². The number of anilines is 1. The summed E-state index contributed by atoms with van der Waals surface area (Å²) in [7, 11) is 0. The lowest BCUT2D eigenvalue weighted by Crippen LogP contribution is -2.49. The molecule has 0 aliphatic carbocycles. The summed E-state index contributed by atoms with van der Waals surface area (Å²) in [5.41, 5.74) is 8.97. The molecule has 3 N–H and O–H groups in total. The van der Waals surface area contributed by atoms with Gasteiger partial charge < -0.3 is 20.3 Å². The van der Waals surface area contributed by atoms with Crippen LogP contribution in [0.4, 0.5) is 5.82 Å². The fourth-order valence-corrected chi connectivity index (χ4v) is 2.93. The van der Waals surface area contributed by atoms with Crippen LogP contribution in [0.5, 0.6) is 0 Å². The van der Waals surface area contributed by atoms with Crippen LogP contribution in [0.2, 0.25) is 0 Å². The smallest absolute Gasteiger partial charge is 0.261 e. The van der Waals surface area contributed by atoms with Gasteiger partial charge in [0.05, 0.1) is 5.56 Å². The summed E-state index contributed by atoms with van der Waals surface area (Å²) in [4.78, 5) is 11.3. The van der Waals surface area contributed by atoms with Crippen LogP contribution >= 0.6 is 0 Å². The Bertz CT molecular complexity index is 700. The summed E-state index contributed by atoms with van der Waals surface area (Å²) >= 11 is 0. The molecular weight excluding hydrogens is 294 g/mol. The van der Waals surface area contributed by atoms with E-state index in [1.54, 1.807) is 6.92 Å². The number of nitrogens with two attached hydrogens (primary N) is 1. The number of piperidine rings is 1. The summed E-state index contributed by atoms with van der Waals surface area (Å²) in [5.74, 6) is 1.94. The fraction of sp³-hybridized carbons (Fsp3) is 0.562. The van der Waals surface area contributed by atoms with Gasteiger partial charge in [0.25, 0.3) is 5.89 Å². The fourth-order valence-electron chi connectivity index (χ4n) is 2.93. The zero-order valence-corrected chi connectivity index (χ0v) is 13.8. The molecule has 124 valence electrons. The minimum Gasteiger partial charge on any atom is -0.396 e. The lowest BCUT2D eigenvalue weighted by Gasteiger charge is -2.37. The molecule has 3 heterocycles. The number of aliphatic hydroxyl groups excluding tert-OH is 1. The van der Waals surface area contributed by atoms with Crippen molar-refractivity contribution in [3.05, 3.63) is 23.1 Å². The van der Waals surface area contributed by atoms with E-state index < -0.39 is 0 Å². The Morgan fingerprint density at radius 2 is 2.13 bits per heavy atom. The van der Waals surface area contributed by atoms with Gasteiger partial charge in [-0.05, 0) is 38.8 Å². The molecule has 23 heavy (non-hydrogen) atoms. The molecule has 7 heteroatoms. The first-order chi connectivity index (χ1) is 11.0. The highest BCUT2D eigenvalue weighted by Crippen LogP contribution is 2.32. The number of aliphatic hydroxyl groups is 1. The van der Waals surface area contributed by atoms with Crippen molar-refractivity contribution in [1.29, 1.82) is 0 Å². The Morgan fingerprint density at radius 3 is 2.78 bits per heavy atom. The number of nitrogens with zero attached hydrogens (tertiary/aromatic N) is 4. The molecule has 0 radical (unpaired) electrons. The minimum absolute atomic E-state index is 0.0249. The van der Waals surface area contributed by atoms with Gasteiger partial charge >= 0.3 is 0 Å². The molecule has 3 rings (SSSR count). The van der Waals surface area contributed by atoms with Gasteiger partial charge in [0, 0.05) is 37.4 Å². The van der Waals surface area contributed by atoms with E-state index in [-0.39, 0.29) is 18.6 Å². The minimum atomic E-state index is 0.0249. The van der Waals surface area contributed by atoms with Gasteiger partial charge in [0.1, 0.15) is 5.82 Å². The molecular formula is C16H23N5O2. The van der Waals surface area contributed by atoms with Gasteiger partial charge in [0.2, 0.25) is 0 Å². The molecule has 2 atom stereocenters. The highest BCUT2D eigenvalue weighted by molar-refractivity contribution is 5.71. The van der Waals surface area contributed by atoms with E-state index in [0.29, 0.717) is 18.3 Å². The quantitative estimate of drug-likeness (QED) is 0.877. The molecule has 0 spiro atoms. The van der Waals surface area contributed by atoms with E-state index in [1.807, 2.05) is 19.9 Å². The van der Waals surface area contributed by atoms with Crippen molar-refractivity contribution in [1.82, 2.24) is 15.1 Å². The molecule has 0 bridgehead atoms. The van der Waals surface area contributed by atoms with Crippen molar-refractivity contribution in [2.75, 3.05) is 24.6 Å². The lowest BCUT2D eigenvalue weighted by molar-refractivity contribution is 0.191. The molecule has 1 saturated heterocycles. The average Bonchev–Trinajstić information content (AvgIpc) is 2.96. The van der Waals surface area contributed by atoms with E-state index in [9.17, 15) is 5.11 Å². The third kappa shape index (κ3) is 3.07. The topological polar surface area (TPSA) is 101 Å². The summed E-state index contributed by atoms with van der Waals surface area (Å²) < 4.78 is 5.35. The monoisotopic (exact) mass is 317 g/mol. The van der Waals surface area contributed by atoms with Crippen LogP contribution in [-0.2, 0) is 0 Å². The van der Waals surface area contributed by atoms with Crippen molar-refractivity contribution < 1.29 is 9.63 Å². The molecule has 0 amide bonds. The SMILES string of the molecule is Cc1noc(-c2cc(C)c(C)nc2N2CCC(N)C(CO)C2)n1. The number of pyridine rings is 1. The molecule has 2 aromatic heterocycles. The first-order valence-corrected chi connectivity index (χ1v) is 7.90. The average molecular weight is 317 g/mol. The van der Waals surface area contributed by atoms with Crippen molar-refractivity contribution in [2.45, 2.75) is 33.2 Å². The molecule has 0 aromatic carbocycles. The van der Waals surface area contributed by atoms with Crippen LogP contribution < -0.4 is 10.6 Å². The van der Waals surface area contributed by atoms with E-state index in [0.717, 1.165) is 35.6 Å². The maximum atomic E-state index is 9.55. The maximum absolute atomic E-state index is 9.55. The van der Waals surface area contributed by atoms with Crippen molar-refractivity contribution >= 4 is 5.82 Å². The van der Waals surface area contributed by atoms with Crippen molar-refractivity contribution in [3.8, 4) is 11.5 Å². The third-order valence-electron chi connectivity index (χ3n) is 4.53. The summed E-state index contributed by atoms with van der Waals surface area (Å²) in [6, 6.07) is 2.06. The van der Waals surface area contributed by atoms with E-state index in [1.165, 1.54) is 0 Å². The first-order valence-electron chi connectivity index (χ1n) is 7.90. The Balaban J connectivity index is 2.02. The standard InChI is InChI=1S/C16H23N5O2/c1-9-6-13(16-19-11(3)20-23-16)15(18-10(9)2)21-5-4-14(17)12(7-21)8-22/h6,12,14,22H,4-5,7-8,17H2,1-3H3. The number of aromatic nitrogens is 3. The molecule has 2 aromatic rings. The second-order valence-electron chi connectivity index (χ2n) is 6.25. The van der Waals surface area contributed by atoms with E-state index in [4.69, 9.17) is 15.2 Å². The van der Waals surface area contributed by atoms with Gasteiger partial charge in [-0.25, -0.2) is 4.98 Å². The second kappa shape index (κ2) is 6.25. The van der Waals surface area contributed by atoms with Crippen molar-refractivity contribution in [3.63, 3.8) is 0 Å². The van der Waals surface area contributed by atoms with Gasteiger partial charge in [-0.15, -0.1) is 0 Å². The van der Waals surface area contributed by atoms with Gasteiger partial charge in [0.15, 0.2) is 5.82 Å². The summed E-state index contributed by atoms with van der Waals surface area (Å²) in [6.45, 7) is 7.35. The lowest BCUT2D eigenvalue weighted by atomic mass is 9.93. The zero-order chi connectivity index (χ0) is 16.6. The molecule has 1 fully saturated rings. The van der Waals surface area contributed by atoms with Crippen LogP contribution in [-0.4, -0.2) is 46.0 Å². The molecule has 2 unspecified atom stereocenters. The van der Waals surface area contributed by atoms with Crippen LogP contribution in [0, 0.1) is 26.7 Å². The van der Waals surface area contributed by atoms with Crippen LogP contribution in [0.25, 0.3) is 11.5 Å². The Kier molecular flexibility index (Phi) is 4.32. The second-order valence-corrected chi connectivity index (χ2v) is 6.25. The predicted octanol–water partition coefficient (Wildman–Crippen LogP) is 1.20. The number of hydrogen-bond acceptors (Lipinski definition) is 7. The zero-order valence-electron chi connectivity index (χ0n) is 13.8. The van der Waals surface area contributed by atoms with Crippen LogP contribution in [0.1, 0.15) is 23.5 Å². The van der Waals surface area contributed by atoms with Crippen molar-refractivity contribution in [2.24, 2.45) is 11.7 Å². The summed E-state index contributed by atoms with van der Waals surface area (Å²) in [5, 5.41) is 13.4. The Morgan fingerprint density at radius 1 is 1.35 bits per heavy atom. The normalized spacial score (nSPS) is 21.7.